The molecule has 0 N–H and O–H groups in total. The number of nitriles is 1. The van der Waals surface area contributed by atoms with Gasteiger partial charge in [0.1, 0.15) is 6.07 Å². The molecule has 0 unspecified atom stereocenters. The van der Waals surface area contributed by atoms with Crippen LogP contribution in [0.4, 0.5) is 0 Å². The van der Waals surface area contributed by atoms with E-state index in [1.165, 1.54) is 68.8 Å². The first-order chi connectivity index (χ1) is 21.1. The third kappa shape index (κ3) is 3.50. The monoisotopic (exact) mass is 584 g/mol. The van der Waals surface area contributed by atoms with Crippen molar-refractivity contribution in [2.75, 3.05) is 0 Å². The average molecular weight is 585 g/mol. The number of nitrogens with zero attached hydrogens (tertiary/aromatic N) is 2. The number of hydrogen-bond acceptors (Lipinski definition) is 3. The summed E-state index contributed by atoms with van der Waals surface area (Å²) in [7, 11) is 0. The summed E-state index contributed by atoms with van der Waals surface area (Å²) in [5.41, 5.74) is 9.07. The third-order valence-electron chi connectivity index (χ3n) is 8.73. The van der Waals surface area contributed by atoms with Gasteiger partial charge in [0.15, 0.2) is 0 Å². The molecule has 2 nitrogen and oxygen atoms in total. The Bertz CT molecular complexity index is 2600. The number of fused-ring (bicyclic) bond motifs is 9. The fourth-order valence-electron chi connectivity index (χ4n) is 6.83. The Morgan fingerprint density at radius 3 is 2.05 bits per heavy atom. The van der Waals surface area contributed by atoms with E-state index in [9.17, 15) is 5.26 Å². The van der Waals surface area contributed by atoms with Crippen LogP contribution in [-0.2, 0) is 0 Å². The fraction of sp³-hybridized carbons (Fsp3) is 0.0513. The van der Waals surface area contributed by atoms with E-state index in [0.717, 1.165) is 26.9 Å². The summed E-state index contributed by atoms with van der Waals surface area (Å²) < 4.78 is 7.21. The van der Waals surface area contributed by atoms with Gasteiger partial charge >= 0.3 is 0 Å². The molecule has 0 atom stereocenters. The summed E-state index contributed by atoms with van der Waals surface area (Å²) in [5.74, 6) is 0. The van der Waals surface area contributed by atoms with Crippen LogP contribution in [0.1, 0.15) is 16.7 Å². The number of aryl methyl sites for hydroxylation is 2. The van der Waals surface area contributed by atoms with E-state index in [-0.39, 0.29) is 0 Å². The van der Waals surface area contributed by atoms with Gasteiger partial charge in [0.25, 0.3) is 0 Å². The molecular weight excluding hydrogens is 561 g/mol. The molecule has 3 aromatic heterocycles. The zero-order valence-electron chi connectivity index (χ0n) is 23.6. The van der Waals surface area contributed by atoms with Crippen molar-refractivity contribution in [3.05, 3.63) is 126 Å². The summed E-state index contributed by atoms with van der Waals surface area (Å²) in [6, 6.07) is 42.2. The lowest BCUT2D eigenvalue weighted by molar-refractivity contribution is 1.20. The summed E-state index contributed by atoms with van der Waals surface area (Å²) in [6.45, 7) is 4.32. The highest BCUT2D eigenvalue weighted by Crippen LogP contribution is 2.45. The second kappa shape index (κ2) is 9.02. The molecule has 202 valence electrons. The van der Waals surface area contributed by atoms with Crippen LogP contribution in [0.15, 0.2) is 109 Å². The second-order valence-corrected chi connectivity index (χ2v) is 13.5. The van der Waals surface area contributed by atoms with Gasteiger partial charge < -0.3 is 4.57 Å². The first-order valence-corrected chi connectivity index (χ1v) is 16.0. The normalized spacial score (nSPS) is 11.9. The molecule has 9 rings (SSSR count). The Morgan fingerprint density at radius 2 is 1.28 bits per heavy atom. The van der Waals surface area contributed by atoms with Crippen LogP contribution in [0.5, 0.6) is 0 Å². The van der Waals surface area contributed by atoms with E-state index in [2.05, 4.69) is 134 Å². The summed E-state index contributed by atoms with van der Waals surface area (Å²) >= 11 is 3.56. The van der Waals surface area contributed by atoms with Gasteiger partial charge in [-0.15, -0.1) is 22.7 Å². The van der Waals surface area contributed by atoms with Crippen molar-refractivity contribution in [3.8, 4) is 22.9 Å². The van der Waals surface area contributed by atoms with Gasteiger partial charge in [-0.25, -0.2) is 0 Å². The molecule has 0 saturated carbocycles. The summed E-state index contributed by atoms with van der Waals surface area (Å²) in [6.07, 6.45) is 0. The highest BCUT2D eigenvalue weighted by Gasteiger charge is 2.19. The minimum atomic E-state index is 0.727. The maximum absolute atomic E-state index is 10.4. The zero-order chi connectivity index (χ0) is 28.8. The molecule has 0 fully saturated rings. The lowest BCUT2D eigenvalue weighted by Crippen LogP contribution is -1.94. The minimum absolute atomic E-state index is 0.727. The lowest BCUT2D eigenvalue weighted by Gasteiger charge is -2.09. The Labute approximate surface area is 256 Å². The molecule has 9 aromatic rings. The van der Waals surface area contributed by atoms with E-state index < -0.39 is 0 Å². The smallest absolute Gasteiger partial charge is 0.101 e. The molecule has 0 radical (unpaired) electrons. The van der Waals surface area contributed by atoms with Crippen LogP contribution in [0, 0.1) is 25.2 Å². The van der Waals surface area contributed by atoms with Crippen molar-refractivity contribution >= 4 is 84.8 Å². The van der Waals surface area contributed by atoms with Crippen molar-refractivity contribution in [3.63, 3.8) is 0 Å². The molecule has 0 aliphatic carbocycles. The van der Waals surface area contributed by atoms with Gasteiger partial charge in [-0.2, -0.15) is 5.26 Å². The van der Waals surface area contributed by atoms with Crippen LogP contribution in [0.3, 0.4) is 0 Å². The third-order valence-corrected chi connectivity index (χ3v) is 11.1. The van der Waals surface area contributed by atoms with Gasteiger partial charge in [0, 0.05) is 41.7 Å². The fourth-order valence-corrected chi connectivity index (χ4v) is 9.21. The molecule has 0 saturated heterocycles. The van der Waals surface area contributed by atoms with E-state index in [1.54, 1.807) is 11.3 Å². The predicted octanol–water partition coefficient (Wildman–Crippen LogP) is 11.7. The van der Waals surface area contributed by atoms with Crippen LogP contribution >= 0.6 is 22.7 Å². The molecule has 6 aromatic carbocycles. The molecule has 0 aliphatic heterocycles. The minimum Gasteiger partial charge on any atom is -0.308 e. The van der Waals surface area contributed by atoms with Crippen LogP contribution in [0.2, 0.25) is 0 Å². The highest BCUT2D eigenvalue weighted by molar-refractivity contribution is 7.26. The van der Waals surface area contributed by atoms with Crippen molar-refractivity contribution in [2.24, 2.45) is 0 Å². The Kier molecular flexibility index (Phi) is 5.17. The Hall–Kier alpha value is -4.95. The predicted molar refractivity (Wildman–Crippen MR) is 186 cm³/mol. The average Bonchev–Trinajstić information content (AvgIpc) is 3.70. The molecule has 0 amide bonds. The van der Waals surface area contributed by atoms with E-state index in [0.29, 0.717) is 0 Å². The molecule has 0 spiro atoms. The first-order valence-electron chi connectivity index (χ1n) is 14.4. The topological polar surface area (TPSA) is 28.7 Å². The highest BCUT2D eigenvalue weighted by atomic mass is 32.1. The SMILES string of the molecule is Cc1ccc2c(c1)c1cc(C)ccc1n2-c1cccc2c1sc1c(C#N)cc(-c3cccc4sc5ccccc5c34)cc12. The van der Waals surface area contributed by atoms with E-state index in [1.807, 2.05) is 11.3 Å². The second-order valence-electron chi connectivity index (χ2n) is 11.4. The molecule has 3 heterocycles. The van der Waals surface area contributed by atoms with Crippen LogP contribution in [-0.4, -0.2) is 4.57 Å². The zero-order valence-corrected chi connectivity index (χ0v) is 25.2. The lowest BCUT2D eigenvalue weighted by atomic mass is 9.96. The van der Waals surface area contributed by atoms with Crippen molar-refractivity contribution in [2.45, 2.75) is 13.8 Å². The molecular formula is C39H24N2S2. The van der Waals surface area contributed by atoms with Gasteiger partial charge in [0.05, 0.1) is 31.7 Å². The van der Waals surface area contributed by atoms with Gasteiger partial charge in [-0.3, -0.25) is 0 Å². The van der Waals surface area contributed by atoms with Crippen LogP contribution < -0.4 is 0 Å². The van der Waals surface area contributed by atoms with Gasteiger partial charge in [-0.05, 0) is 79.6 Å². The number of hydrogen-bond donors (Lipinski definition) is 0. The maximum atomic E-state index is 10.4. The molecule has 43 heavy (non-hydrogen) atoms. The van der Waals surface area contributed by atoms with Crippen molar-refractivity contribution < 1.29 is 0 Å². The first kappa shape index (κ1) is 24.6. The van der Waals surface area contributed by atoms with Crippen molar-refractivity contribution in [1.29, 1.82) is 5.26 Å². The summed E-state index contributed by atoms with van der Waals surface area (Å²) in [5, 5.41) is 17.8. The van der Waals surface area contributed by atoms with E-state index in [4.69, 9.17) is 0 Å². The van der Waals surface area contributed by atoms with E-state index >= 15 is 0 Å². The Balaban J connectivity index is 1.36. The number of aromatic nitrogens is 1. The maximum Gasteiger partial charge on any atom is 0.101 e. The van der Waals surface area contributed by atoms with Gasteiger partial charge in [-0.1, -0.05) is 65.7 Å². The number of rotatable bonds is 2. The van der Waals surface area contributed by atoms with Crippen LogP contribution in [0.25, 0.3) is 79.0 Å². The van der Waals surface area contributed by atoms with Gasteiger partial charge in [0.2, 0.25) is 0 Å². The largest absolute Gasteiger partial charge is 0.308 e. The molecule has 0 aliphatic rings. The van der Waals surface area contributed by atoms with Crippen molar-refractivity contribution in [1.82, 2.24) is 4.57 Å². The molecule has 4 heteroatoms. The Morgan fingerprint density at radius 1 is 0.581 bits per heavy atom. The summed E-state index contributed by atoms with van der Waals surface area (Å²) in [4.78, 5) is 0. The molecule has 0 bridgehead atoms. The quantitative estimate of drug-likeness (QED) is 0.199. The number of thiophene rings is 2. The standard InChI is InChI=1S/C39H24N2S2/c1-22-13-15-32-29(17-22)30-18-23(2)14-16-33(30)41(32)34-10-5-9-27-31-20-24(19-25(21-40)38(31)43-39(27)34)26-8-6-12-36-37(26)28-7-3-4-11-35(28)42-36/h3-20H,1-2H3. The number of benzene rings is 6.